The van der Waals surface area contributed by atoms with Crippen LogP contribution in [0.2, 0.25) is 0 Å². The van der Waals surface area contributed by atoms with Gasteiger partial charge in [0.2, 0.25) is 5.89 Å². The number of hydrogen-bond acceptors (Lipinski definition) is 5. The van der Waals surface area contributed by atoms with E-state index in [2.05, 4.69) is 15.0 Å². The molecule has 0 N–H and O–H groups in total. The van der Waals surface area contributed by atoms with E-state index < -0.39 is 0 Å². The molecule has 0 radical (unpaired) electrons. The summed E-state index contributed by atoms with van der Waals surface area (Å²) < 4.78 is 24.5. The van der Waals surface area contributed by atoms with Crippen LogP contribution in [-0.4, -0.2) is 34.8 Å². The lowest BCUT2D eigenvalue weighted by atomic mass is 10.1. The molecule has 6 heteroatoms. The van der Waals surface area contributed by atoms with Crippen LogP contribution in [0.25, 0.3) is 0 Å². The molecule has 5 nitrogen and oxygen atoms in total. The second-order valence-electron chi connectivity index (χ2n) is 4.83. The Kier molecular flexibility index (Phi) is 3.75. The molecule has 1 saturated heterocycles. The van der Waals surface area contributed by atoms with Crippen LogP contribution in [0.5, 0.6) is 0 Å². The minimum Gasteiger partial charge on any atom is -0.378 e. The van der Waals surface area contributed by atoms with E-state index in [0.29, 0.717) is 43.6 Å². The minimum atomic E-state index is -0.195. The van der Waals surface area contributed by atoms with E-state index in [9.17, 15) is 4.39 Å². The number of aromatic nitrogens is 2. The number of hydrogen-bond donors (Lipinski definition) is 0. The summed E-state index contributed by atoms with van der Waals surface area (Å²) >= 11 is 0. The number of benzene rings is 1. The maximum Gasteiger partial charge on any atom is 0.246 e. The highest BCUT2D eigenvalue weighted by Gasteiger charge is 2.29. The summed E-state index contributed by atoms with van der Waals surface area (Å²) in [5, 5.41) is 3.81. The number of nitrogens with zero attached hydrogens (tertiary/aromatic N) is 3. The van der Waals surface area contributed by atoms with Crippen LogP contribution in [0.4, 0.5) is 4.39 Å². The first-order chi connectivity index (χ1) is 9.74. The SMILES string of the molecule is Cc1noc(C2COCCN2Cc2ccccc2F)n1. The van der Waals surface area contributed by atoms with Crippen molar-refractivity contribution in [3.8, 4) is 0 Å². The van der Waals surface area contributed by atoms with Crippen LogP contribution in [0, 0.1) is 12.7 Å². The molecule has 1 aliphatic rings. The molecular formula is C14H16FN3O2. The van der Waals surface area contributed by atoms with E-state index in [4.69, 9.17) is 9.26 Å². The third kappa shape index (κ3) is 2.71. The lowest BCUT2D eigenvalue weighted by molar-refractivity contribution is -0.0245. The lowest BCUT2D eigenvalue weighted by Gasteiger charge is -2.33. The van der Waals surface area contributed by atoms with Gasteiger partial charge in [-0.25, -0.2) is 4.39 Å². The predicted octanol–water partition coefficient (Wildman–Crippen LogP) is 2.09. The van der Waals surface area contributed by atoms with Gasteiger partial charge in [0.25, 0.3) is 0 Å². The van der Waals surface area contributed by atoms with Gasteiger partial charge in [-0.3, -0.25) is 4.90 Å². The fourth-order valence-electron chi connectivity index (χ4n) is 2.35. The number of morpholine rings is 1. The van der Waals surface area contributed by atoms with Crippen molar-refractivity contribution in [2.45, 2.75) is 19.5 Å². The van der Waals surface area contributed by atoms with E-state index in [1.54, 1.807) is 19.1 Å². The Hall–Kier alpha value is -1.79. The zero-order valence-electron chi connectivity index (χ0n) is 11.3. The van der Waals surface area contributed by atoms with Gasteiger partial charge in [-0.15, -0.1) is 0 Å². The molecular weight excluding hydrogens is 261 g/mol. The minimum absolute atomic E-state index is 0.121. The zero-order chi connectivity index (χ0) is 13.9. The van der Waals surface area contributed by atoms with E-state index in [1.165, 1.54) is 6.07 Å². The summed E-state index contributed by atoms with van der Waals surface area (Å²) in [4.78, 5) is 6.36. The summed E-state index contributed by atoms with van der Waals surface area (Å²) in [5.41, 5.74) is 0.663. The monoisotopic (exact) mass is 277 g/mol. The summed E-state index contributed by atoms with van der Waals surface area (Å²) in [6.45, 7) is 4.09. The van der Waals surface area contributed by atoms with Crippen LogP contribution in [-0.2, 0) is 11.3 Å². The van der Waals surface area contributed by atoms with Crippen LogP contribution < -0.4 is 0 Å². The Labute approximate surface area is 116 Å². The van der Waals surface area contributed by atoms with Crippen LogP contribution >= 0.6 is 0 Å². The highest BCUT2D eigenvalue weighted by molar-refractivity contribution is 5.17. The molecule has 1 aromatic carbocycles. The van der Waals surface area contributed by atoms with Gasteiger partial charge in [0.1, 0.15) is 11.9 Å². The van der Waals surface area contributed by atoms with Crippen LogP contribution in [0.15, 0.2) is 28.8 Å². The summed E-state index contributed by atoms with van der Waals surface area (Å²) in [6.07, 6.45) is 0. The largest absolute Gasteiger partial charge is 0.378 e. The first-order valence-corrected chi connectivity index (χ1v) is 6.59. The van der Waals surface area contributed by atoms with Crippen molar-refractivity contribution in [1.29, 1.82) is 0 Å². The molecule has 0 saturated carbocycles. The molecule has 1 fully saturated rings. The smallest absolute Gasteiger partial charge is 0.246 e. The molecule has 0 aliphatic carbocycles. The van der Waals surface area contributed by atoms with Gasteiger partial charge in [-0.05, 0) is 13.0 Å². The quantitative estimate of drug-likeness (QED) is 0.860. The van der Waals surface area contributed by atoms with Gasteiger partial charge in [-0.2, -0.15) is 4.98 Å². The van der Waals surface area contributed by atoms with E-state index in [1.807, 2.05) is 6.07 Å². The molecule has 3 rings (SSSR count). The average molecular weight is 277 g/mol. The van der Waals surface area contributed by atoms with E-state index >= 15 is 0 Å². The van der Waals surface area contributed by atoms with Crippen LogP contribution in [0.1, 0.15) is 23.3 Å². The Bertz CT molecular complexity index is 587. The van der Waals surface area contributed by atoms with Crippen molar-refractivity contribution in [3.63, 3.8) is 0 Å². The molecule has 1 aliphatic heterocycles. The number of rotatable bonds is 3. The molecule has 0 bridgehead atoms. The van der Waals surface area contributed by atoms with Crippen molar-refractivity contribution >= 4 is 0 Å². The van der Waals surface area contributed by atoms with Gasteiger partial charge >= 0.3 is 0 Å². The topological polar surface area (TPSA) is 51.4 Å². The van der Waals surface area contributed by atoms with Crippen LogP contribution in [0.3, 0.4) is 0 Å². The highest BCUT2D eigenvalue weighted by atomic mass is 19.1. The zero-order valence-corrected chi connectivity index (χ0v) is 11.3. The second-order valence-corrected chi connectivity index (χ2v) is 4.83. The maximum atomic E-state index is 13.8. The number of aryl methyl sites for hydroxylation is 1. The van der Waals surface area contributed by atoms with Crippen molar-refractivity contribution in [2.75, 3.05) is 19.8 Å². The molecule has 2 heterocycles. The van der Waals surface area contributed by atoms with E-state index in [-0.39, 0.29) is 11.9 Å². The van der Waals surface area contributed by atoms with Crippen molar-refractivity contribution in [3.05, 3.63) is 47.4 Å². The predicted molar refractivity (Wildman–Crippen MR) is 69.4 cm³/mol. The molecule has 2 aromatic rings. The Balaban J connectivity index is 1.81. The fourth-order valence-corrected chi connectivity index (χ4v) is 2.35. The fraction of sp³-hybridized carbons (Fsp3) is 0.429. The Morgan fingerprint density at radius 2 is 2.25 bits per heavy atom. The normalized spacial score (nSPS) is 20.2. The highest BCUT2D eigenvalue weighted by Crippen LogP contribution is 2.25. The third-order valence-electron chi connectivity index (χ3n) is 3.40. The summed E-state index contributed by atoms with van der Waals surface area (Å²) in [6, 6.07) is 6.68. The summed E-state index contributed by atoms with van der Waals surface area (Å²) in [5.74, 6) is 0.925. The van der Waals surface area contributed by atoms with Crippen molar-refractivity contribution < 1.29 is 13.7 Å². The molecule has 0 spiro atoms. The third-order valence-corrected chi connectivity index (χ3v) is 3.40. The molecule has 106 valence electrons. The van der Waals surface area contributed by atoms with Gasteiger partial charge in [0, 0.05) is 18.7 Å². The maximum absolute atomic E-state index is 13.8. The van der Waals surface area contributed by atoms with E-state index in [0.717, 1.165) is 0 Å². The summed E-state index contributed by atoms with van der Waals surface area (Å²) in [7, 11) is 0. The van der Waals surface area contributed by atoms with Gasteiger partial charge in [0.15, 0.2) is 5.82 Å². The second kappa shape index (κ2) is 5.68. The Morgan fingerprint density at radius 3 is 3.00 bits per heavy atom. The van der Waals surface area contributed by atoms with Gasteiger partial charge < -0.3 is 9.26 Å². The molecule has 1 aromatic heterocycles. The molecule has 0 amide bonds. The van der Waals surface area contributed by atoms with Gasteiger partial charge in [0.05, 0.1) is 13.2 Å². The lowest BCUT2D eigenvalue weighted by Crippen LogP contribution is -2.39. The first kappa shape index (κ1) is 13.2. The molecule has 1 atom stereocenters. The standard InChI is InChI=1S/C14H16FN3O2/c1-10-16-14(20-17-10)13-9-19-7-6-18(13)8-11-4-2-3-5-12(11)15/h2-5,13H,6-9H2,1H3. The number of halogens is 1. The average Bonchev–Trinajstić information content (AvgIpc) is 2.88. The molecule has 1 unspecified atom stereocenters. The van der Waals surface area contributed by atoms with Crippen molar-refractivity contribution in [2.24, 2.45) is 0 Å². The first-order valence-electron chi connectivity index (χ1n) is 6.59. The van der Waals surface area contributed by atoms with Crippen molar-refractivity contribution in [1.82, 2.24) is 15.0 Å². The Morgan fingerprint density at radius 1 is 1.40 bits per heavy atom. The number of ether oxygens (including phenoxy) is 1. The van der Waals surface area contributed by atoms with Gasteiger partial charge in [-0.1, -0.05) is 23.4 Å². The molecule has 20 heavy (non-hydrogen) atoms.